The number of morpholine rings is 2. The van der Waals surface area contributed by atoms with Gasteiger partial charge in [0.05, 0.1) is 38.6 Å². The number of hydrogen-bond donors (Lipinski definition) is 3. The summed E-state index contributed by atoms with van der Waals surface area (Å²) in [6.07, 6.45) is 0. The van der Waals surface area contributed by atoms with E-state index in [1.54, 1.807) is 0 Å². The highest BCUT2D eigenvalue weighted by Gasteiger charge is 2.25. The number of guanidine groups is 1. The molecule has 0 amide bonds. The Morgan fingerprint density at radius 1 is 1.03 bits per heavy atom. The van der Waals surface area contributed by atoms with Crippen LogP contribution < -0.4 is 15.5 Å². The summed E-state index contributed by atoms with van der Waals surface area (Å²) >= 11 is 0. The van der Waals surface area contributed by atoms with Crippen LogP contribution in [0.5, 0.6) is 0 Å². The first-order valence-corrected chi connectivity index (χ1v) is 11.0. The zero-order chi connectivity index (χ0) is 21.2. The number of rotatable bonds is 8. The zero-order valence-corrected chi connectivity index (χ0v) is 18.4. The van der Waals surface area contributed by atoms with Crippen LogP contribution in [0.25, 0.3) is 0 Å². The fourth-order valence-electron chi connectivity index (χ4n) is 3.72. The smallest absolute Gasteiger partial charge is 0.191 e. The second-order valence-electron chi connectivity index (χ2n) is 8.20. The van der Waals surface area contributed by atoms with Gasteiger partial charge in [-0.2, -0.15) is 0 Å². The Morgan fingerprint density at radius 2 is 1.67 bits per heavy atom. The molecule has 3 N–H and O–H groups in total. The number of benzene rings is 1. The molecule has 2 aliphatic heterocycles. The highest BCUT2D eigenvalue weighted by Crippen LogP contribution is 2.17. The van der Waals surface area contributed by atoms with Gasteiger partial charge in [0.2, 0.25) is 0 Å². The van der Waals surface area contributed by atoms with Crippen LogP contribution in [0.2, 0.25) is 0 Å². The maximum Gasteiger partial charge on any atom is 0.191 e. The van der Waals surface area contributed by atoms with Gasteiger partial charge in [0.1, 0.15) is 0 Å². The molecule has 3 rings (SSSR count). The topological polar surface area (TPSA) is 81.6 Å². The van der Waals surface area contributed by atoms with Crippen LogP contribution in [0, 0.1) is 0 Å². The second-order valence-corrected chi connectivity index (χ2v) is 8.20. The number of hydrogen-bond acceptors (Lipinski definition) is 6. The van der Waals surface area contributed by atoms with Crippen LogP contribution in [0.3, 0.4) is 0 Å². The Morgan fingerprint density at radius 3 is 2.30 bits per heavy atom. The number of anilines is 1. The zero-order valence-electron chi connectivity index (χ0n) is 18.4. The number of aliphatic hydroxyl groups is 1. The maximum atomic E-state index is 10.8. The molecule has 0 spiro atoms. The molecule has 2 saturated heterocycles. The number of β-amino-alcohol motifs (C(OH)–C–C–N with tert-alkyl or cyclic N) is 1. The minimum absolute atomic E-state index is 0.437. The lowest BCUT2D eigenvalue weighted by molar-refractivity contribution is -0.0201. The van der Waals surface area contributed by atoms with Crippen molar-refractivity contribution in [1.82, 2.24) is 15.5 Å². The molecule has 2 aliphatic rings. The van der Waals surface area contributed by atoms with Gasteiger partial charge in [-0.3, -0.25) is 4.90 Å². The molecule has 1 aromatic carbocycles. The quantitative estimate of drug-likeness (QED) is 0.422. The Bertz CT molecular complexity index is 653. The summed E-state index contributed by atoms with van der Waals surface area (Å²) in [7, 11) is 0. The fourth-order valence-corrected chi connectivity index (χ4v) is 3.72. The summed E-state index contributed by atoms with van der Waals surface area (Å²) in [6.45, 7) is 13.0. The summed E-state index contributed by atoms with van der Waals surface area (Å²) < 4.78 is 10.8. The fraction of sp³-hybridized carbons (Fsp3) is 0.682. The van der Waals surface area contributed by atoms with E-state index in [-0.39, 0.29) is 0 Å². The van der Waals surface area contributed by atoms with E-state index in [0.29, 0.717) is 19.6 Å². The molecule has 1 atom stereocenters. The van der Waals surface area contributed by atoms with Crippen LogP contribution in [0.4, 0.5) is 5.69 Å². The molecular formula is C22H37N5O3. The van der Waals surface area contributed by atoms with E-state index in [2.05, 4.69) is 44.7 Å². The van der Waals surface area contributed by atoms with Gasteiger partial charge >= 0.3 is 0 Å². The monoisotopic (exact) mass is 419 g/mol. The molecule has 1 aromatic rings. The van der Waals surface area contributed by atoms with Crippen molar-refractivity contribution < 1.29 is 14.6 Å². The molecule has 2 heterocycles. The molecule has 0 saturated carbocycles. The first-order valence-electron chi connectivity index (χ1n) is 11.0. The number of ether oxygens (including phenoxy) is 2. The van der Waals surface area contributed by atoms with Gasteiger partial charge < -0.3 is 30.1 Å². The van der Waals surface area contributed by atoms with Gasteiger partial charge in [-0.05, 0) is 31.5 Å². The standard InChI is InChI=1S/C22H37N5O3/c1-3-23-21(25-17-22(2,28)18-26-8-12-29-13-9-26)24-16-19-4-6-20(7-5-19)27-10-14-30-15-11-27/h4-7,28H,3,8-18H2,1-2H3,(H2,23,24,25). The molecule has 8 nitrogen and oxygen atoms in total. The lowest BCUT2D eigenvalue weighted by atomic mass is 10.1. The molecule has 30 heavy (non-hydrogen) atoms. The van der Waals surface area contributed by atoms with Gasteiger partial charge in [0.25, 0.3) is 0 Å². The average molecular weight is 420 g/mol. The van der Waals surface area contributed by atoms with Crippen molar-refractivity contribution in [3.05, 3.63) is 29.8 Å². The van der Waals surface area contributed by atoms with E-state index in [1.165, 1.54) is 5.69 Å². The van der Waals surface area contributed by atoms with E-state index >= 15 is 0 Å². The van der Waals surface area contributed by atoms with Crippen molar-refractivity contribution in [2.45, 2.75) is 26.0 Å². The summed E-state index contributed by atoms with van der Waals surface area (Å²) in [5.74, 6) is 0.719. The van der Waals surface area contributed by atoms with Gasteiger partial charge in [-0.15, -0.1) is 0 Å². The van der Waals surface area contributed by atoms with E-state index < -0.39 is 5.60 Å². The number of nitrogens with one attached hydrogen (secondary N) is 2. The Balaban J connectivity index is 1.50. The van der Waals surface area contributed by atoms with Gasteiger partial charge in [0.15, 0.2) is 5.96 Å². The molecule has 1 unspecified atom stereocenters. The molecule has 0 aromatic heterocycles. The third-order valence-electron chi connectivity index (χ3n) is 5.38. The van der Waals surface area contributed by atoms with Crippen LogP contribution in [-0.4, -0.2) is 93.8 Å². The predicted octanol–water partition coefficient (Wildman–Crippen LogP) is 0.662. The van der Waals surface area contributed by atoms with Crippen LogP contribution in [0.1, 0.15) is 19.4 Å². The number of nitrogens with zero attached hydrogens (tertiary/aromatic N) is 3. The van der Waals surface area contributed by atoms with Gasteiger partial charge in [-0.25, -0.2) is 4.99 Å². The highest BCUT2D eigenvalue weighted by atomic mass is 16.5. The van der Waals surface area contributed by atoms with Crippen molar-refractivity contribution in [1.29, 1.82) is 0 Å². The Labute approximate surface area is 180 Å². The number of aliphatic imine (C=N–C) groups is 1. The maximum absolute atomic E-state index is 10.8. The lowest BCUT2D eigenvalue weighted by Crippen LogP contribution is -2.52. The van der Waals surface area contributed by atoms with Crippen LogP contribution in [0.15, 0.2) is 29.3 Å². The minimum atomic E-state index is -0.840. The SMILES string of the molecule is CCNC(=NCc1ccc(N2CCOCC2)cc1)NCC(C)(O)CN1CCOCC1. The van der Waals surface area contributed by atoms with Crippen molar-refractivity contribution >= 4 is 11.6 Å². The molecule has 2 fully saturated rings. The largest absolute Gasteiger partial charge is 0.387 e. The second kappa shape index (κ2) is 11.5. The summed E-state index contributed by atoms with van der Waals surface area (Å²) in [5.41, 5.74) is 1.55. The highest BCUT2D eigenvalue weighted by molar-refractivity contribution is 5.79. The predicted molar refractivity (Wildman–Crippen MR) is 120 cm³/mol. The molecule has 8 heteroatoms. The summed E-state index contributed by atoms with van der Waals surface area (Å²) in [4.78, 5) is 9.28. The van der Waals surface area contributed by atoms with E-state index in [1.807, 2.05) is 13.8 Å². The lowest BCUT2D eigenvalue weighted by Gasteiger charge is -2.34. The molecule has 0 bridgehead atoms. The third-order valence-corrected chi connectivity index (χ3v) is 5.38. The molecule has 0 aliphatic carbocycles. The first-order chi connectivity index (χ1) is 14.6. The molecule has 0 radical (unpaired) electrons. The molecule has 168 valence electrons. The van der Waals surface area contributed by atoms with E-state index in [0.717, 1.165) is 70.7 Å². The minimum Gasteiger partial charge on any atom is -0.387 e. The Hall–Kier alpha value is -1.87. The van der Waals surface area contributed by atoms with Crippen LogP contribution in [-0.2, 0) is 16.0 Å². The van der Waals surface area contributed by atoms with Crippen molar-refractivity contribution in [2.75, 3.05) is 77.1 Å². The van der Waals surface area contributed by atoms with Crippen molar-refractivity contribution in [3.63, 3.8) is 0 Å². The van der Waals surface area contributed by atoms with Crippen molar-refractivity contribution in [2.24, 2.45) is 4.99 Å². The van der Waals surface area contributed by atoms with E-state index in [4.69, 9.17) is 14.5 Å². The van der Waals surface area contributed by atoms with Gasteiger partial charge in [-0.1, -0.05) is 12.1 Å². The summed E-state index contributed by atoms with van der Waals surface area (Å²) in [6, 6.07) is 8.58. The Kier molecular flexibility index (Phi) is 8.74. The third kappa shape index (κ3) is 7.43. The summed E-state index contributed by atoms with van der Waals surface area (Å²) in [5, 5.41) is 17.3. The van der Waals surface area contributed by atoms with Gasteiger partial charge in [0, 0.05) is 51.5 Å². The average Bonchev–Trinajstić information content (AvgIpc) is 2.77. The van der Waals surface area contributed by atoms with Crippen LogP contribution >= 0.6 is 0 Å². The van der Waals surface area contributed by atoms with E-state index in [9.17, 15) is 5.11 Å². The molecular weight excluding hydrogens is 382 g/mol. The van der Waals surface area contributed by atoms with Crippen molar-refractivity contribution in [3.8, 4) is 0 Å². The first kappa shape index (κ1) is 22.8. The normalized spacial score (nSPS) is 20.6.